The van der Waals surface area contributed by atoms with Crippen molar-refractivity contribution in [2.75, 3.05) is 0 Å². The Kier molecular flexibility index (Phi) is 2.14. The molecule has 2 rings (SSSR count). The van der Waals surface area contributed by atoms with Gasteiger partial charge in [0.1, 0.15) is 0 Å². The van der Waals surface area contributed by atoms with Crippen LogP contribution in [0.3, 0.4) is 0 Å². The molecular formula is C10H6N2O2S. The van der Waals surface area contributed by atoms with Crippen molar-refractivity contribution < 1.29 is 8.42 Å². The van der Waals surface area contributed by atoms with Crippen LogP contribution in [0.5, 0.6) is 0 Å². The minimum Gasteiger partial charge on any atom is -0.263 e. The van der Waals surface area contributed by atoms with E-state index in [1.165, 1.54) is 18.5 Å². The summed E-state index contributed by atoms with van der Waals surface area (Å²) >= 11 is 0. The number of hydrogen-bond acceptors (Lipinski definition) is 4. The van der Waals surface area contributed by atoms with Gasteiger partial charge in [-0.2, -0.15) is 5.26 Å². The first-order valence-electron chi connectivity index (χ1n) is 4.12. The lowest BCUT2D eigenvalue weighted by Gasteiger charge is -2.02. The highest BCUT2D eigenvalue weighted by Gasteiger charge is 2.16. The summed E-state index contributed by atoms with van der Waals surface area (Å²) in [5.74, 6) is 0. The van der Waals surface area contributed by atoms with Crippen molar-refractivity contribution in [2.45, 2.75) is 4.90 Å². The van der Waals surface area contributed by atoms with E-state index in [4.69, 9.17) is 5.26 Å². The fraction of sp³-hybridized carbons (Fsp3) is 0. The molecule has 0 fully saturated rings. The van der Waals surface area contributed by atoms with Gasteiger partial charge in [-0.05, 0) is 12.1 Å². The lowest BCUT2D eigenvalue weighted by atomic mass is 10.1. The SMILES string of the molecule is N#Cc1ccc2c(c1)S(=O)(=O)C=CN=C2. The molecule has 0 bridgehead atoms. The Hall–Kier alpha value is -1.93. The average molecular weight is 218 g/mol. The zero-order valence-electron chi connectivity index (χ0n) is 7.58. The number of sulfone groups is 1. The van der Waals surface area contributed by atoms with Gasteiger partial charge in [0.05, 0.1) is 21.9 Å². The van der Waals surface area contributed by atoms with E-state index >= 15 is 0 Å². The number of nitrogens with zero attached hydrogens (tertiary/aromatic N) is 2. The van der Waals surface area contributed by atoms with Crippen LogP contribution in [0.15, 0.2) is 39.7 Å². The van der Waals surface area contributed by atoms with E-state index in [0.29, 0.717) is 11.1 Å². The number of rotatable bonds is 0. The van der Waals surface area contributed by atoms with E-state index in [0.717, 1.165) is 5.41 Å². The molecule has 5 heteroatoms. The molecule has 1 aliphatic heterocycles. The molecule has 1 aromatic rings. The van der Waals surface area contributed by atoms with Gasteiger partial charge in [0.15, 0.2) is 0 Å². The zero-order chi connectivity index (χ0) is 10.9. The maximum Gasteiger partial charge on any atom is 0.202 e. The van der Waals surface area contributed by atoms with Crippen LogP contribution in [0, 0.1) is 11.3 Å². The fourth-order valence-electron chi connectivity index (χ4n) is 1.27. The van der Waals surface area contributed by atoms with E-state index in [-0.39, 0.29) is 4.90 Å². The molecule has 0 saturated carbocycles. The maximum atomic E-state index is 11.7. The first-order valence-corrected chi connectivity index (χ1v) is 5.67. The van der Waals surface area contributed by atoms with Gasteiger partial charge in [-0.3, -0.25) is 4.99 Å². The third-order valence-corrected chi connectivity index (χ3v) is 3.44. The molecule has 0 aromatic heterocycles. The van der Waals surface area contributed by atoms with Crippen LogP contribution in [-0.2, 0) is 9.84 Å². The van der Waals surface area contributed by atoms with Crippen LogP contribution in [0.1, 0.15) is 11.1 Å². The summed E-state index contributed by atoms with van der Waals surface area (Å²) in [5.41, 5.74) is 0.819. The minimum atomic E-state index is -3.47. The Morgan fingerprint density at radius 2 is 2.13 bits per heavy atom. The molecule has 0 aliphatic carbocycles. The normalized spacial score (nSPS) is 16.5. The largest absolute Gasteiger partial charge is 0.263 e. The number of benzene rings is 1. The third kappa shape index (κ3) is 1.67. The molecule has 1 aliphatic rings. The highest BCUT2D eigenvalue weighted by atomic mass is 32.2. The van der Waals surface area contributed by atoms with Gasteiger partial charge < -0.3 is 0 Å². The number of nitriles is 1. The fourth-order valence-corrected chi connectivity index (χ4v) is 2.39. The number of aliphatic imine (C=N–C) groups is 1. The van der Waals surface area contributed by atoms with Gasteiger partial charge in [-0.25, -0.2) is 8.42 Å². The second-order valence-corrected chi connectivity index (χ2v) is 4.77. The summed E-state index contributed by atoms with van der Waals surface area (Å²) in [6, 6.07) is 6.39. The molecule has 4 nitrogen and oxygen atoms in total. The Morgan fingerprint density at radius 3 is 2.87 bits per heavy atom. The lowest BCUT2D eigenvalue weighted by molar-refractivity contribution is 0.604. The summed E-state index contributed by atoms with van der Waals surface area (Å²) in [5, 5.41) is 9.71. The number of hydrogen-bond donors (Lipinski definition) is 0. The Morgan fingerprint density at radius 1 is 1.33 bits per heavy atom. The molecule has 0 N–H and O–H groups in total. The maximum absolute atomic E-state index is 11.7. The quantitative estimate of drug-likeness (QED) is 0.657. The molecule has 0 spiro atoms. The molecule has 0 saturated heterocycles. The molecule has 0 amide bonds. The topological polar surface area (TPSA) is 70.3 Å². The van der Waals surface area contributed by atoms with Crippen LogP contribution >= 0.6 is 0 Å². The molecule has 0 atom stereocenters. The van der Waals surface area contributed by atoms with Gasteiger partial charge in [-0.15, -0.1) is 0 Å². The Labute approximate surface area is 87.1 Å². The van der Waals surface area contributed by atoms with Gasteiger partial charge in [0, 0.05) is 18.0 Å². The highest BCUT2D eigenvalue weighted by molar-refractivity contribution is 7.94. The van der Waals surface area contributed by atoms with E-state index in [9.17, 15) is 8.42 Å². The second-order valence-electron chi connectivity index (χ2n) is 2.97. The summed E-state index contributed by atoms with van der Waals surface area (Å²) in [6.45, 7) is 0. The van der Waals surface area contributed by atoms with Gasteiger partial charge in [0.25, 0.3) is 0 Å². The summed E-state index contributed by atoms with van der Waals surface area (Å²) in [4.78, 5) is 3.92. The van der Waals surface area contributed by atoms with Gasteiger partial charge >= 0.3 is 0 Å². The van der Waals surface area contributed by atoms with Crippen molar-refractivity contribution in [3.8, 4) is 6.07 Å². The van der Waals surface area contributed by atoms with Crippen LogP contribution < -0.4 is 0 Å². The summed E-state index contributed by atoms with van der Waals surface area (Å²) in [7, 11) is -3.47. The summed E-state index contributed by atoms with van der Waals surface area (Å²) in [6.07, 6.45) is 2.68. The molecular weight excluding hydrogens is 212 g/mol. The van der Waals surface area contributed by atoms with E-state index in [1.54, 1.807) is 12.1 Å². The van der Waals surface area contributed by atoms with E-state index in [2.05, 4.69) is 4.99 Å². The van der Waals surface area contributed by atoms with Crippen molar-refractivity contribution in [2.24, 2.45) is 4.99 Å². The monoisotopic (exact) mass is 218 g/mol. The average Bonchev–Trinajstić information content (AvgIpc) is 2.37. The molecule has 1 aromatic carbocycles. The van der Waals surface area contributed by atoms with Crippen molar-refractivity contribution in [1.82, 2.24) is 0 Å². The highest BCUT2D eigenvalue weighted by Crippen LogP contribution is 2.20. The minimum absolute atomic E-state index is 0.124. The Balaban J connectivity index is 2.79. The first kappa shape index (κ1) is 9.62. The van der Waals surface area contributed by atoms with Crippen molar-refractivity contribution >= 4 is 16.1 Å². The molecule has 1 heterocycles. The second kappa shape index (κ2) is 3.33. The van der Waals surface area contributed by atoms with Crippen LogP contribution in [0.2, 0.25) is 0 Å². The first-order chi connectivity index (χ1) is 7.13. The number of fused-ring (bicyclic) bond motifs is 1. The molecule has 74 valence electrons. The van der Waals surface area contributed by atoms with E-state index in [1.807, 2.05) is 6.07 Å². The lowest BCUT2D eigenvalue weighted by Crippen LogP contribution is -2.00. The van der Waals surface area contributed by atoms with Gasteiger partial charge in [0.2, 0.25) is 9.84 Å². The molecule has 15 heavy (non-hydrogen) atoms. The van der Waals surface area contributed by atoms with Crippen molar-refractivity contribution in [3.63, 3.8) is 0 Å². The van der Waals surface area contributed by atoms with Crippen LogP contribution in [0.25, 0.3) is 0 Å². The van der Waals surface area contributed by atoms with Crippen molar-refractivity contribution in [3.05, 3.63) is 40.9 Å². The van der Waals surface area contributed by atoms with Crippen LogP contribution in [-0.4, -0.2) is 14.6 Å². The molecule has 0 radical (unpaired) electrons. The predicted molar refractivity (Wildman–Crippen MR) is 55.1 cm³/mol. The summed E-state index contributed by atoms with van der Waals surface area (Å²) < 4.78 is 23.4. The van der Waals surface area contributed by atoms with Gasteiger partial charge in [-0.1, -0.05) is 6.07 Å². The van der Waals surface area contributed by atoms with Crippen LogP contribution in [0.4, 0.5) is 0 Å². The third-order valence-electron chi connectivity index (χ3n) is 1.99. The predicted octanol–water partition coefficient (Wildman–Crippen LogP) is 1.24. The zero-order valence-corrected chi connectivity index (χ0v) is 8.40. The smallest absolute Gasteiger partial charge is 0.202 e. The van der Waals surface area contributed by atoms with E-state index < -0.39 is 9.84 Å². The Bertz CT molecular complexity index is 607. The molecule has 0 unspecified atom stereocenters. The van der Waals surface area contributed by atoms with Crippen molar-refractivity contribution in [1.29, 1.82) is 5.26 Å². The standard InChI is InChI=1S/C10H6N2O2S/c11-6-8-1-2-9-7-12-3-4-15(13,14)10(9)5-8/h1-5,7H.